The lowest BCUT2D eigenvalue weighted by Crippen LogP contribution is -2.49. The first-order chi connectivity index (χ1) is 13.8. The van der Waals surface area contributed by atoms with Crippen molar-refractivity contribution < 1.29 is 13.2 Å². The first kappa shape index (κ1) is 18.1. The number of nitrogens with zero attached hydrogens (tertiary/aromatic N) is 2. The van der Waals surface area contributed by atoms with Crippen molar-refractivity contribution in [1.29, 1.82) is 0 Å². The SMILES string of the molecule is FC(F)(F)c1cc(Cl)ccc1-n1nc(C23CC4CC(CC(C4)C2)C3)c2c1NCC2. The van der Waals surface area contributed by atoms with Crippen LogP contribution in [0.2, 0.25) is 5.02 Å². The van der Waals surface area contributed by atoms with Crippen LogP contribution in [0.1, 0.15) is 55.3 Å². The summed E-state index contributed by atoms with van der Waals surface area (Å²) in [5, 5.41) is 8.30. The van der Waals surface area contributed by atoms with Gasteiger partial charge in [-0.2, -0.15) is 18.3 Å². The third-order valence-corrected chi connectivity index (χ3v) is 7.92. The third kappa shape index (κ3) is 2.67. The molecule has 1 aromatic heterocycles. The van der Waals surface area contributed by atoms with Gasteiger partial charge in [-0.1, -0.05) is 11.6 Å². The average Bonchev–Trinajstić information content (AvgIpc) is 3.22. The Hall–Kier alpha value is -1.69. The van der Waals surface area contributed by atoms with Crippen LogP contribution in [0, 0.1) is 17.8 Å². The largest absolute Gasteiger partial charge is 0.418 e. The second-order valence-corrected chi connectivity index (χ2v) is 10.1. The molecule has 5 aliphatic rings. The van der Waals surface area contributed by atoms with E-state index in [2.05, 4.69) is 5.32 Å². The van der Waals surface area contributed by atoms with E-state index in [0.717, 1.165) is 73.1 Å². The molecule has 1 aromatic carbocycles. The van der Waals surface area contributed by atoms with Gasteiger partial charge >= 0.3 is 6.18 Å². The second kappa shape index (κ2) is 5.93. The molecule has 7 heteroatoms. The van der Waals surface area contributed by atoms with Crippen LogP contribution in [0.25, 0.3) is 5.69 Å². The van der Waals surface area contributed by atoms with Gasteiger partial charge in [0.25, 0.3) is 0 Å². The van der Waals surface area contributed by atoms with E-state index in [1.54, 1.807) is 0 Å². The van der Waals surface area contributed by atoms with Gasteiger partial charge in [0.2, 0.25) is 0 Å². The molecule has 2 aromatic rings. The molecular formula is C22H23ClF3N3. The maximum Gasteiger partial charge on any atom is 0.418 e. The summed E-state index contributed by atoms with van der Waals surface area (Å²) in [5.41, 5.74) is 1.58. The third-order valence-electron chi connectivity index (χ3n) is 7.68. The highest BCUT2D eigenvalue weighted by atomic mass is 35.5. The normalized spacial score (nSPS) is 32.5. The standard InChI is InChI=1S/C22H23ClF3N3/c23-15-1-2-18(17(8-15)22(24,25)26)29-20-16(3-4-27-20)19(28-29)21-9-12-5-13(10-21)7-14(6-12)11-21/h1-2,8,12-14,27H,3-7,9-11H2. The molecule has 7 rings (SSSR count). The molecule has 2 heterocycles. The van der Waals surface area contributed by atoms with E-state index in [4.69, 9.17) is 16.7 Å². The Morgan fingerprint density at radius 1 is 1.07 bits per heavy atom. The van der Waals surface area contributed by atoms with Gasteiger partial charge in [-0.25, -0.2) is 4.68 Å². The monoisotopic (exact) mass is 421 g/mol. The number of rotatable bonds is 2. The molecule has 1 aliphatic heterocycles. The Kier molecular flexibility index (Phi) is 3.70. The number of benzene rings is 1. The second-order valence-electron chi connectivity index (χ2n) is 9.62. The Labute approximate surface area is 172 Å². The number of alkyl halides is 3. The van der Waals surface area contributed by atoms with Gasteiger partial charge in [0, 0.05) is 22.5 Å². The minimum atomic E-state index is -4.49. The lowest BCUT2D eigenvalue weighted by atomic mass is 9.48. The van der Waals surface area contributed by atoms with Crippen LogP contribution in [0.4, 0.5) is 19.0 Å². The lowest BCUT2D eigenvalue weighted by Gasteiger charge is -2.56. The Morgan fingerprint density at radius 2 is 1.72 bits per heavy atom. The number of hydrogen-bond donors (Lipinski definition) is 1. The van der Waals surface area contributed by atoms with Crippen molar-refractivity contribution >= 4 is 17.4 Å². The highest BCUT2D eigenvalue weighted by Gasteiger charge is 2.54. The van der Waals surface area contributed by atoms with E-state index in [1.807, 2.05) is 0 Å². The van der Waals surface area contributed by atoms with E-state index in [9.17, 15) is 13.2 Å². The minimum Gasteiger partial charge on any atom is -0.369 e. The van der Waals surface area contributed by atoms with Gasteiger partial charge in [0.15, 0.2) is 0 Å². The number of hydrogen-bond acceptors (Lipinski definition) is 2. The van der Waals surface area contributed by atoms with Gasteiger partial charge in [0.05, 0.1) is 16.9 Å². The van der Waals surface area contributed by atoms with Gasteiger partial charge in [-0.05, 0) is 80.9 Å². The highest BCUT2D eigenvalue weighted by molar-refractivity contribution is 6.30. The summed E-state index contributed by atoms with van der Waals surface area (Å²) in [4.78, 5) is 0. The molecule has 0 unspecified atom stereocenters. The van der Waals surface area contributed by atoms with Gasteiger partial charge in [-0.3, -0.25) is 0 Å². The minimum absolute atomic E-state index is 0.0565. The molecule has 0 atom stereocenters. The van der Waals surface area contributed by atoms with E-state index in [1.165, 1.54) is 36.1 Å². The van der Waals surface area contributed by atoms with Crippen LogP contribution < -0.4 is 5.32 Å². The van der Waals surface area contributed by atoms with E-state index < -0.39 is 11.7 Å². The van der Waals surface area contributed by atoms with Crippen molar-refractivity contribution in [1.82, 2.24) is 9.78 Å². The zero-order valence-electron chi connectivity index (χ0n) is 16.0. The van der Waals surface area contributed by atoms with E-state index in [0.29, 0.717) is 0 Å². The first-order valence-corrected chi connectivity index (χ1v) is 10.9. The Morgan fingerprint density at radius 3 is 2.34 bits per heavy atom. The topological polar surface area (TPSA) is 29.9 Å². The quantitative estimate of drug-likeness (QED) is 0.646. The summed E-state index contributed by atoms with van der Waals surface area (Å²) in [6.45, 7) is 0.751. The summed E-state index contributed by atoms with van der Waals surface area (Å²) < 4.78 is 42.8. The predicted molar refractivity (Wildman–Crippen MR) is 106 cm³/mol. The molecule has 4 bridgehead atoms. The molecule has 0 saturated heterocycles. The lowest BCUT2D eigenvalue weighted by molar-refractivity contribution is -0.137. The number of aromatic nitrogens is 2. The number of fused-ring (bicyclic) bond motifs is 1. The van der Waals surface area contributed by atoms with Gasteiger partial charge in [0.1, 0.15) is 5.82 Å². The van der Waals surface area contributed by atoms with Crippen LogP contribution in [0.15, 0.2) is 18.2 Å². The molecule has 0 radical (unpaired) electrons. The fourth-order valence-corrected chi connectivity index (χ4v) is 7.27. The molecule has 4 saturated carbocycles. The maximum atomic E-state index is 13.8. The molecule has 1 N–H and O–H groups in total. The van der Waals surface area contributed by atoms with Crippen molar-refractivity contribution in [3.05, 3.63) is 40.0 Å². The predicted octanol–water partition coefficient (Wildman–Crippen LogP) is 5.98. The number of halogens is 4. The molecule has 29 heavy (non-hydrogen) atoms. The average molecular weight is 422 g/mol. The summed E-state index contributed by atoms with van der Waals surface area (Å²) >= 11 is 5.90. The molecule has 4 aliphatic carbocycles. The van der Waals surface area contributed by atoms with Crippen molar-refractivity contribution in [2.75, 3.05) is 11.9 Å². The highest BCUT2D eigenvalue weighted by Crippen LogP contribution is 2.61. The molecule has 154 valence electrons. The van der Waals surface area contributed by atoms with Gasteiger partial charge in [-0.15, -0.1) is 0 Å². The van der Waals surface area contributed by atoms with Gasteiger partial charge < -0.3 is 5.32 Å². The Balaban J connectivity index is 1.52. The van der Waals surface area contributed by atoms with Crippen LogP contribution >= 0.6 is 11.6 Å². The summed E-state index contributed by atoms with van der Waals surface area (Å²) in [6, 6.07) is 3.96. The molecular weight excluding hydrogens is 399 g/mol. The van der Waals surface area contributed by atoms with E-state index in [-0.39, 0.29) is 16.1 Å². The maximum absolute atomic E-state index is 13.8. The molecule has 0 amide bonds. The summed E-state index contributed by atoms with van der Waals surface area (Å²) in [6.07, 6.45) is 3.78. The summed E-state index contributed by atoms with van der Waals surface area (Å²) in [7, 11) is 0. The first-order valence-electron chi connectivity index (χ1n) is 10.6. The molecule has 4 fully saturated rings. The smallest absolute Gasteiger partial charge is 0.369 e. The summed E-state index contributed by atoms with van der Waals surface area (Å²) in [5.74, 6) is 3.02. The van der Waals surface area contributed by atoms with Crippen molar-refractivity contribution in [3.63, 3.8) is 0 Å². The van der Waals surface area contributed by atoms with E-state index >= 15 is 0 Å². The van der Waals surface area contributed by atoms with Crippen molar-refractivity contribution in [3.8, 4) is 5.69 Å². The van der Waals surface area contributed by atoms with Crippen LogP contribution in [-0.2, 0) is 18.0 Å². The Bertz CT molecular complexity index is 959. The number of nitrogens with one attached hydrogen (secondary N) is 1. The van der Waals surface area contributed by atoms with Crippen LogP contribution in [-0.4, -0.2) is 16.3 Å². The van der Waals surface area contributed by atoms with Crippen LogP contribution in [0.3, 0.4) is 0 Å². The zero-order chi connectivity index (χ0) is 20.0. The zero-order valence-corrected chi connectivity index (χ0v) is 16.8. The van der Waals surface area contributed by atoms with Crippen molar-refractivity contribution in [2.45, 2.75) is 56.5 Å². The van der Waals surface area contributed by atoms with Crippen molar-refractivity contribution in [2.24, 2.45) is 17.8 Å². The molecule has 0 spiro atoms. The van der Waals surface area contributed by atoms with Crippen LogP contribution in [0.5, 0.6) is 0 Å². The molecule has 3 nitrogen and oxygen atoms in total. The fourth-order valence-electron chi connectivity index (χ4n) is 7.10. The fraction of sp³-hybridized carbons (Fsp3) is 0.591. The number of anilines is 1.